The molecule has 1 aromatic heterocycles. The van der Waals surface area contributed by atoms with Gasteiger partial charge in [0, 0.05) is 12.4 Å². The first-order chi connectivity index (χ1) is 10.2. The minimum absolute atomic E-state index is 0.157. The molecule has 1 saturated heterocycles. The molecule has 0 unspecified atom stereocenters. The lowest BCUT2D eigenvalue weighted by molar-refractivity contribution is -0.113. The number of para-hydroxylation sites is 1. The highest BCUT2D eigenvalue weighted by Gasteiger charge is 2.34. The van der Waals surface area contributed by atoms with E-state index in [4.69, 9.17) is 23.8 Å². The number of carbonyl (C=O) groups excluding carboxylic acids is 1. The molecule has 0 bridgehead atoms. The molecular weight excluding hydrogens is 324 g/mol. The SMILES string of the molecule is O=C1/C(=C\c2ccncc2)SC(=S)N1c1ccccc1Cl. The number of aromatic nitrogens is 1. The second kappa shape index (κ2) is 5.97. The van der Waals surface area contributed by atoms with Gasteiger partial charge in [0.1, 0.15) is 0 Å². The Hall–Kier alpha value is -1.69. The van der Waals surface area contributed by atoms with Crippen molar-refractivity contribution < 1.29 is 4.79 Å². The molecule has 0 N–H and O–H groups in total. The minimum Gasteiger partial charge on any atom is -0.268 e. The van der Waals surface area contributed by atoms with Gasteiger partial charge in [-0.05, 0) is 35.9 Å². The highest BCUT2D eigenvalue weighted by molar-refractivity contribution is 8.27. The summed E-state index contributed by atoms with van der Waals surface area (Å²) in [4.78, 5) is 18.5. The topological polar surface area (TPSA) is 33.2 Å². The third-order valence-corrected chi connectivity index (χ3v) is 4.51. The van der Waals surface area contributed by atoms with E-state index in [0.29, 0.717) is 19.9 Å². The number of amides is 1. The summed E-state index contributed by atoms with van der Waals surface area (Å²) in [6.07, 6.45) is 5.17. The molecule has 0 saturated carbocycles. The van der Waals surface area contributed by atoms with E-state index < -0.39 is 0 Å². The fourth-order valence-corrected chi connectivity index (χ4v) is 3.42. The number of benzene rings is 1. The summed E-state index contributed by atoms with van der Waals surface area (Å²) in [5.41, 5.74) is 1.52. The van der Waals surface area contributed by atoms with Crippen molar-refractivity contribution in [3.05, 3.63) is 64.3 Å². The molecule has 3 nitrogen and oxygen atoms in total. The van der Waals surface area contributed by atoms with Crippen molar-refractivity contribution in [3.8, 4) is 0 Å². The quantitative estimate of drug-likeness (QED) is 0.611. The molecule has 1 aliphatic heterocycles. The third-order valence-electron chi connectivity index (χ3n) is 2.89. The van der Waals surface area contributed by atoms with Crippen molar-refractivity contribution >= 4 is 57.6 Å². The van der Waals surface area contributed by atoms with Crippen LogP contribution in [0.4, 0.5) is 5.69 Å². The van der Waals surface area contributed by atoms with Crippen LogP contribution in [0.5, 0.6) is 0 Å². The van der Waals surface area contributed by atoms with Crippen molar-refractivity contribution in [1.82, 2.24) is 4.98 Å². The van der Waals surface area contributed by atoms with Gasteiger partial charge in [0.2, 0.25) is 0 Å². The molecule has 0 spiro atoms. The normalized spacial score (nSPS) is 16.8. The van der Waals surface area contributed by atoms with Crippen LogP contribution in [0.15, 0.2) is 53.7 Å². The molecule has 1 aliphatic rings. The molecule has 0 radical (unpaired) electrons. The first-order valence-electron chi connectivity index (χ1n) is 6.09. The van der Waals surface area contributed by atoms with Gasteiger partial charge in [0.05, 0.1) is 15.6 Å². The van der Waals surface area contributed by atoms with Gasteiger partial charge in [-0.2, -0.15) is 0 Å². The van der Waals surface area contributed by atoms with E-state index in [9.17, 15) is 4.79 Å². The van der Waals surface area contributed by atoms with Gasteiger partial charge >= 0.3 is 0 Å². The van der Waals surface area contributed by atoms with Crippen LogP contribution in [-0.4, -0.2) is 15.2 Å². The lowest BCUT2D eigenvalue weighted by Gasteiger charge is -2.15. The molecule has 3 rings (SSSR count). The highest BCUT2D eigenvalue weighted by Crippen LogP contribution is 2.38. The molecule has 104 valence electrons. The van der Waals surface area contributed by atoms with Crippen LogP contribution in [0.1, 0.15) is 5.56 Å². The molecule has 2 aromatic rings. The number of thiocarbonyl (C=S) groups is 1. The Morgan fingerprint density at radius 3 is 2.62 bits per heavy atom. The monoisotopic (exact) mass is 332 g/mol. The number of hydrogen-bond donors (Lipinski definition) is 0. The second-order valence-corrected chi connectivity index (χ2v) is 6.33. The van der Waals surface area contributed by atoms with Gasteiger partial charge in [-0.1, -0.05) is 47.7 Å². The summed E-state index contributed by atoms with van der Waals surface area (Å²) in [7, 11) is 0. The molecule has 2 heterocycles. The van der Waals surface area contributed by atoms with E-state index >= 15 is 0 Å². The second-order valence-electron chi connectivity index (χ2n) is 4.25. The highest BCUT2D eigenvalue weighted by atomic mass is 35.5. The van der Waals surface area contributed by atoms with Crippen molar-refractivity contribution in [2.75, 3.05) is 4.90 Å². The van der Waals surface area contributed by atoms with Crippen molar-refractivity contribution in [3.63, 3.8) is 0 Å². The number of thioether (sulfide) groups is 1. The Balaban J connectivity index is 1.97. The van der Waals surface area contributed by atoms with Gasteiger partial charge in [-0.25, -0.2) is 0 Å². The maximum atomic E-state index is 12.5. The van der Waals surface area contributed by atoms with E-state index in [1.165, 1.54) is 16.7 Å². The number of carbonyl (C=O) groups is 1. The Kier molecular flexibility index (Phi) is 4.05. The van der Waals surface area contributed by atoms with E-state index in [1.807, 2.05) is 24.3 Å². The standard InChI is InChI=1S/C15H9ClN2OS2/c16-11-3-1-2-4-12(11)18-14(19)13(21-15(18)20)9-10-5-7-17-8-6-10/h1-9H/b13-9+. The number of pyridine rings is 1. The largest absolute Gasteiger partial charge is 0.270 e. The predicted molar refractivity (Wildman–Crippen MR) is 91.3 cm³/mol. The molecule has 6 heteroatoms. The van der Waals surface area contributed by atoms with Gasteiger partial charge < -0.3 is 0 Å². The Labute approximate surface area is 136 Å². The van der Waals surface area contributed by atoms with Crippen LogP contribution in [0, 0.1) is 0 Å². The summed E-state index contributed by atoms with van der Waals surface area (Å²) in [5, 5.41) is 0.499. The van der Waals surface area contributed by atoms with Gasteiger partial charge in [0.15, 0.2) is 4.32 Å². The number of rotatable bonds is 2. The van der Waals surface area contributed by atoms with Crippen LogP contribution < -0.4 is 4.90 Å². The third kappa shape index (κ3) is 2.85. The summed E-state index contributed by atoms with van der Waals surface area (Å²) in [6, 6.07) is 10.8. The molecule has 0 atom stereocenters. The lowest BCUT2D eigenvalue weighted by Crippen LogP contribution is -2.27. The van der Waals surface area contributed by atoms with Gasteiger partial charge in [-0.15, -0.1) is 0 Å². The number of hydrogen-bond acceptors (Lipinski definition) is 4. The molecular formula is C15H9ClN2OS2. The zero-order valence-electron chi connectivity index (χ0n) is 10.7. The maximum absolute atomic E-state index is 12.5. The summed E-state index contributed by atoms with van der Waals surface area (Å²) in [5.74, 6) is -0.157. The average Bonchev–Trinajstić information content (AvgIpc) is 2.76. The van der Waals surface area contributed by atoms with Crippen LogP contribution in [0.25, 0.3) is 6.08 Å². The van der Waals surface area contributed by atoms with Crippen LogP contribution >= 0.6 is 35.6 Å². The molecule has 1 aromatic carbocycles. The fourth-order valence-electron chi connectivity index (χ4n) is 1.92. The molecule has 1 fully saturated rings. The van der Waals surface area contributed by atoms with Gasteiger partial charge in [-0.3, -0.25) is 14.7 Å². The minimum atomic E-state index is -0.157. The first-order valence-corrected chi connectivity index (χ1v) is 7.69. The average molecular weight is 333 g/mol. The fraction of sp³-hybridized carbons (Fsp3) is 0. The van der Waals surface area contributed by atoms with E-state index in [2.05, 4.69) is 4.98 Å². The molecule has 21 heavy (non-hydrogen) atoms. The van der Waals surface area contributed by atoms with Gasteiger partial charge in [0.25, 0.3) is 5.91 Å². The Bertz CT molecular complexity index is 746. The van der Waals surface area contributed by atoms with Crippen molar-refractivity contribution in [1.29, 1.82) is 0 Å². The van der Waals surface area contributed by atoms with Crippen LogP contribution in [-0.2, 0) is 4.79 Å². The summed E-state index contributed by atoms with van der Waals surface area (Å²) < 4.78 is 0.480. The zero-order valence-corrected chi connectivity index (χ0v) is 13.1. The van der Waals surface area contributed by atoms with E-state index in [1.54, 1.807) is 30.6 Å². The summed E-state index contributed by atoms with van der Waals surface area (Å²) in [6.45, 7) is 0. The first kappa shape index (κ1) is 14.3. The van der Waals surface area contributed by atoms with Crippen LogP contribution in [0.2, 0.25) is 5.02 Å². The van der Waals surface area contributed by atoms with Crippen molar-refractivity contribution in [2.45, 2.75) is 0 Å². The molecule has 1 amide bonds. The number of halogens is 1. The lowest BCUT2D eigenvalue weighted by atomic mass is 10.2. The summed E-state index contributed by atoms with van der Waals surface area (Å²) >= 11 is 12.7. The Morgan fingerprint density at radius 1 is 1.19 bits per heavy atom. The maximum Gasteiger partial charge on any atom is 0.270 e. The smallest absolute Gasteiger partial charge is 0.268 e. The predicted octanol–water partition coefficient (Wildman–Crippen LogP) is 4.14. The Morgan fingerprint density at radius 2 is 1.90 bits per heavy atom. The van der Waals surface area contributed by atoms with E-state index in [0.717, 1.165) is 5.56 Å². The van der Waals surface area contributed by atoms with Crippen LogP contribution in [0.3, 0.4) is 0 Å². The van der Waals surface area contributed by atoms with E-state index in [-0.39, 0.29) is 5.91 Å². The number of nitrogens with zero attached hydrogens (tertiary/aromatic N) is 2. The molecule has 0 aliphatic carbocycles. The van der Waals surface area contributed by atoms with Crippen molar-refractivity contribution in [2.24, 2.45) is 0 Å². The zero-order chi connectivity index (χ0) is 14.8. The number of anilines is 1.